The van der Waals surface area contributed by atoms with Crippen LogP contribution in [0.5, 0.6) is 0 Å². The van der Waals surface area contributed by atoms with Crippen LogP contribution >= 0.6 is 7.75 Å². The van der Waals surface area contributed by atoms with Crippen molar-refractivity contribution in [3.63, 3.8) is 0 Å². The zero-order valence-electron chi connectivity index (χ0n) is 10.3. The van der Waals surface area contributed by atoms with Crippen molar-refractivity contribution in [2.45, 2.75) is 31.6 Å². The lowest BCUT2D eigenvalue weighted by molar-refractivity contribution is -0.000349. The zero-order valence-corrected chi connectivity index (χ0v) is 11.2. The SMILES string of the molecule is BC1CC(O)C(COP(=O)(O)n2ccnc2C)O1. The van der Waals surface area contributed by atoms with E-state index in [2.05, 4.69) is 4.98 Å². The summed E-state index contributed by atoms with van der Waals surface area (Å²) >= 11 is 0. The van der Waals surface area contributed by atoms with Crippen molar-refractivity contribution in [2.24, 2.45) is 0 Å². The molecule has 7 nitrogen and oxygen atoms in total. The number of ether oxygens (including phenoxy) is 1. The highest BCUT2D eigenvalue weighted by Gasteiger charge is 2.34. The minimum absolute atomic E-state index is 0.0679. The number of imidazole rings is 1. The summed E-state index contributed by atoms with van der Waals surface area (Å²) in [6.07, 6.45) is 2.08. The molecular weight excluding hydrogens is 258 g/mol. The van der Waals surface area contributed by atoms with Crippen molar-refractivity contribution in [2.75, 3.05) is 6.61 Å². The molecule has 1 aliphatic rings. The summed E-state index contributed by atoms with van der Waals surface area (Å²) in [5, 5.41) is 9.65. The summed E-state index contributed by atoms with van der Waals surface area (Å²) in [6, 6.07) is -0.0679. The van der Waals surface area contributed by atoms with E-state index in [-0.39, 0.29) is 12.6 Å². The Morgan fingerprint density at radius 2 is 2.50 bits per heavy atom. The largest absolute Gasteiger partial charge is 0.437 e. The van der Waals surface area contributed by atoms with Crippen LogP contribution < -0.4 is 0 Å². The number of hydrogen-bond donors (Lipinski definition) is 2. The van der Waals surface area contributed by atoms with Gasteiger partial charge in [-0.15, -0.1) is 0 Å². The smallest absolute Gasteiger partial charge is 0.390 e. The van der Waals surface area contributed by atoms with Crippen molar-refractivity contribution in [3.8, 4) is 0 Å². The third kappa shape index (κ3) is 2.84. The van der Waals surface area contributed by atoms with E-state index in [1.807, 2.05) is 7.85 Å². The molecule has 1 saturated heterocycles. The molecule has 0 radical (unpaired) electrons. The zero-order chi connectivity index (χ0) is 13.3. The van der Waals surface area contributed by atoms with Crippen LogP contribution in [0.4, 0.5) is 0 Å². The fraction of sp³-hybridized carbons (Fsp3) is 0.667. The molecule has 9 heteroatoms. The summed E-state index contributed by atoms with van der Waals surface area (Å²) in [5.41, 5.74) is 0. The van der Waals surface area contributed by atoms with Gasteiger partial charge in [0.05, 0.1) is 12.7 Å². The van der Waals surface area contributed by atoms with Crippen molar-refractivity contribution in [1.82, 2.24) is 9.32 Å². The first-order valence-corrected chi connectivity index (χ1v) is 7.25. The normalized spacial score (nSPS) is 31.4. The van der Waals surface area contributed by atoms with Crippen LogP contribution in [-0.4, -0.2) is 52.0 Å². The molecule has 18 heavy (non-hydrogen) atoms. The Morgan fingerprint density at radius 3 is 3.00 bits per heavy atom. The van der Waals surface area contributed by atoms with Gasteiger partial charge in [0.15, 0.2) is 0 Å². The first-order valence-electron chi connectivity index (χ1n) is 5.72. The average Bonchev–Trinajstić information content (AvgIpc) is 2.82. The lowest BCUT2D eigenvalue weighted by atomic mass is 9.96. The molecule has 1 aromatic rings. The van der Waals surface area contributed by atoms with E-state index in [0.717, 1.165) is 4.34 Å². The molecule has 0 amide bonds. The number of hydrogen-bond acceptors (Lipinski definition) is 5. The highest BCUT2D eigenvalue weighted by molar-refractivity contribution is 7.51. The fourth-order valence-electron chi connectivity index (χ4n) is 1.96. The van der Waals surface area contributed by atoms with Crippen molar-refractivity contribution in [1.29, 1.82) is 0 Å². The number of aliphatic hydroxyl groups is 1. The second-order valence-corrected chi connectivity index (χ2v) is 6.06. The van der Waals surface area contributed by atoms with Crippen LogP contribution in [0.2, 0.25) is 0 Å². The third-order valence-corrected chi connectivity index (χ3v) is 4.34. The van der Waals surface area contributed by atoms with Crippen LogP contribution in [0.15, 0.2) is 12.4 Å². The van der Waals surface area contributed by atoms with E-state index in [1.165, 1.54) is 12.4 Å². The van der Waals surface area contributed by atoms with Crippen LogP contribution in [0.25, 0.3) is 0 Å². The summed E-state index contributed by atoms with van der Waals surface area (Å²) in [5.74, 6) is 0.391. The first kappa shape index (κ1) is 13.8. The summed E-state index contributed by atoms with van der Waals surface area (Å²) in [4.78, 5) is 13.6. The Balaban J connectivity index is 1.98. The molecule has 4 atom stereocenters. The van der Waals surface area contributed by atoms with Gasteiger partial charge in [0, 0.05) is 18.4 Å². The molecular formula is C9H16BN2O5P. The standard InChI is InChI=1S/C9H16BN2O5P/c1-6-11-2-3-12(6)18(14,15)16-5-8-7(13)4-9(10)17-8/h2-3,7-9,13H,4-5,10H2,1H3,(H,14,15). The first-order chi connectivity index (χ1) is 8.40. The lowest BCUT2D eigenvalue weighted by Crippen LogP contribution is -2.26. The van der Waals surface area contributed by atoms with Crippen LogP contribution in [0, 0.1) is 6.92 Å². The maximum Gasteiger partial charge on any atom is 0.437 e. The molecule has 0 spiro atoms. The molecule has 1 aliphatic heterocycles. The lowest BCUT2D eigenvalue weighted by Gasteiger charge is -2.18. The van der Waals surface area contributed by atoms with Gasteiger partial charge >= 0.3 is 7.75 Å². The second-order valence-electron chi connectivity index (χ2n) is 4.39. The van der Waals surface area contributed by atoms with Crippen molar-refractivity contribution in [3.05, 3.63) is 18.2 Å². The van der Waals surface area contributed by atoms with Gasteiger partial charge in [-0.1, -0.05) is 0 Å². The maximum absolute atomic E-state index is 12.0. The average molecular weight is 274 g/mol. The third-order valence-electron chi connectivity index (χ3n) is 2.89. The molecule has 0 bridgehead atoms. The van der Waals surface area contributed by atoms with Crippen LogP contribution in [-0.2, 0) is 13.8 Å². The Bertz CT molecular complexity index is 468. The maximum atomic E-state index is 12.0. The quantitative estimate of drug-likeness (QED) is 0.555. The van der Waals surface area contributed by atoms with Gasteiger partial charge in [0.25, 0.3) is 0 Å². The van der Waals surface area contributed by atoms with E-state index < -0.39 is 20.0 Å². The predicted molar refractivity (Wildman–Crippen MR) is 66.0 cm³/mol. The molecule has 100 valence electrons. The monoisotopic (exact) mass is 274 g/mol. The van der Waals surface area contributed by atoms with Crippen molar-refractivity contribution < 1.29 is 23.8 Å². The van der Waals surface area contributed by atoms with Gasteiger partial charge < -0.3 is 14.7 Å². The van der Waals surface area contributed by atoms with Crippen molar-refractivity contribution >= 4 is 15.6 Å². The van der Waals surface area contributed by atoms with E-state index in [4.69, 9.17) is 9.26 Å². The number of aryl methyl sites for hydroxylation is 1. The minimum Gasteiger partial charge on any atom is -0.390 e. The van der Waals surface area contributed by atoms with Crippen LogP contribution in [0.3, 0.4) is 0 Å². The molecule has 2 N–H and O–H groups in total. The van der Waals surface area contributed by atoms with E-state index >= 15 is 0 Å². The molecule has 1 aromatic heterocycles. The Morgan fingerprint density at radius 1 is 1.78 bits per heavy atom. The van der Waals surface area contributed by atoms with Gasteiger partial charge in [0.2, 0.25) is 0 Å². The predicted octanol–water partition coefficient (Wildman–Crippen LogP) is -0.734. The molecule has 0 aromatic carbocycles. The van der Waals surface area contributed by atoms with E-state index in [0.29, 0.717) is 12.2 Å². The Kier molecular flexibility index (Phi) is 3.94. The van der Waals surface area contributed by atoms with Crippen LogP contribution in [0.1, 0.15) is 12.2 Å². The number of aromatic nitrogens is 2. The highest BCUT2D eigenvalue weighted by atomic mass is 31.2. The van der Waals surface area contributed by atoms with Gasteiger partial charge in [-0.05, 0) is 13.3 Å². The molecule has 2 rings (SSSR count). The molecule has 4 unspecified atom stereocenters. The Hall–Kier alpha value is -0.655. The van der Waals surface area contributed by atoms with Gasteiger partial charge in [-0.25, -0.2) is 13.9 Å². The highest BCUT2D eigenvalue weighted by Crippen LogP contribution is 2.44. The summed E-state index contributed by atoms with van der Waals surface area (Å²) in [6.45, 7) is 1.48. The molecule has 0 saturated carbocycles. The second kappa shape index (κ2) is 5.15. The summed E-state index contributed by atoms with van der Waals surface area (Å²) < 4.78 is 23.4. The topological polar surface area (TPSA) is 93.8 Å². The number of aliphatic hydroxyl groups excluding tert-OH is 1. The fourth-order valence-corrected chi connectivity index (χ4v) is 3.07. The van der Waals surface area contributed by atoms with E-state index in [1.54, 1.807) is 6.92 Å². The van der Waals surface area contributed by atoms with Gasteiger partial charge in [-0.3, -0.25) is 4.52 Å². The molecule has 1 fully saturated rings. The molecule has 2 heterocycles. The van der Waals surface area contributed by atoms with Gasteiger partial charge in [0.1, 0.15) is 19.8 Å². The van der Waals surface area contributed by atoms with Gasteiger partial charge in [-0.2, -0.15) is 0 Å². The Labute approximate surface area is 106 Å². The molecule has 0 aliphatic carbocycles. The minimum atomic E-state index is -3.97. The number of rotatable bonds is 4. The number of nitrogens with zero attached hydrogens (tertiary/aromatic N) is 2. The van der Waals surface area contributed by atoms with E-state index in [9.17, 15) is 14.6 Å². The summed E-state index contributed by atoms with van der Waals surface area (Å²) in [7, 11) is -2.14.